The summed E-state index contributed by atoms with van der Waals surface area (Å²) in [5.74, 6) is -0.0995. The first-order valence-electron chi connectivity index (χ1n) is 8.71. The van der Waals surface area contributed by atoms with Crippen molar-refractivity contribution in [2.75, 3.05) is 11.9 Å². The number of hydrogen-bond donors (Lipinski definition) is 4. The number of halogens is 1. The highest BCUT2D eigenvalue weighted by molar-refractivity contribution is 5.97. The topological polar surface area (TPSA) is 116 Å². The molecule has 1 unspecified atom stereocenters. The zero-order valence-corrected chi connectivity index (χ0v) is 15.2. The molecule has 0 aliphatic carbocycles. The number of imidazole rings is 1. The molecule has 144 valence electrons. The number of aliphatic hydroxyl groups excluding tert-OH is 1. The fourth-order valence-electron chi connectivity index (χ4n) is 3.20. The maximum atomic E-state index is 13.8. The molecule has 4 aromatic rings. The fraction of sp³-hybridized carbons (Fsp3) is 0.211. The summed E-state index contributed by atoms with van der Waals surface area (Å²) in [5.41, 5.74) is 2.98. The van der Waals surface area contributed by atoms with Gasteiger partial charge in [0.25, 0.3) is 5.56 Å². The number of ether oxygens (including phenoxy) is 1. The molecule has 0 saturated heterocycles. The molecule has 2 aromatic heterocycles. The predicted octanol–water partition coefficient (Wildman–Crippen LogP) is 2.64. The molecule has 8 nitrogen and oxygen atoms in total. The molecule has 4 rings (SSSR count). The summed E-state index contributed by atoms with van der Waals surface area (Å²) in [6.45, 7) is 3.97. The van der Waals surface area contributed by atoms with Crippen LogP contribution in [-0.4, -0.2) is 38.3 Å². The second-order valence-electron chi connectivity index (χ2n) is 6.26. The SMILES string of the molecule is CCOC(O)Nc1nc2c(C)c(-c3n[nH]c(=O)c4ccc(F)cc34)ccc2[nH]1. The van der Waals surface area contributed by atoms with Gasteiger partial charge in [-0.25, -0.2) is 14.5 Å². The quantitative estimate of drug-likeness (QED) is 0.394. The van der Waals surface area contributed by atoms with Crippen molar-refractivity contribution in [1.82, 2.24) is 20.2 Å². The van der Waals surface area contributed by atoms with Crippen LogP contribution in [0.1, 0.15) is 12.5 Å². The second-order valence-corrected chi connectivity index (χ2v) is 6.26. The average Bonchev–Trinajstić information content (AvgIpc) is 3.06. The second kappa shape index (κ2) is 7.02. The summed E-state index contributed by atoms with van der Waals surface area (Å²) >= 11 is 0. The Morgan fingerprint density at radius 3 is 2.89 bits per heavy atom. The van der Waals surface area contributed by atoms with Gasteiger partial charge in [-0.3, -0.25) is 4.79 Å². The van der Waals surface area contributed by atoms with Gasteiger partial charge in [-0.15, -0.1) is 0 Å². The van der Waals surface area contributed by atoms with Gasteiger partial charge in [0.15, 0.2) is 0 Å². The molecule has 2 aromatic carbocycles. The van der Waals surface area contributed by atoms with Gasteiger partial charge in [0.2, 0.25) is 12.4 Å². The molecular weight excluding hydrogens is 365 g/mol. The number of anilines is 1. The van der Waals surface area contributed by atoms with Crippen LogP contribution >= 0.6 is 0 Å². The Kier molecular flexibility index (Phi) is 4.54. The zero-order valence-electron chi connectivity index (χ0n) is 15.2. The van der Waals surface area contributed by atoms with Crippen LogP contribution in [-0.2, 0) is 4.74 Å². The van der Waals surface area contributed by atoms with Crippen molar-refractivity contribution in [2.45, 2.75) is 20.3 Å². The number of nitrogens with one attached hydrogen (secondary N) is 3. The first kappa shape index (κ1) is 18.1. The predicted molar refractivity (Wildman–Crippen MR) is 103 cm³/mol. The number of aromatic amines is 2. The summed E-state index contributed by atoms with van der Waals surface area (Å²) in [6, 6.07) is 7.61. The van der Waals surface area contributed by atoms with Crippen molar-refractivity contribution in [3.63, 3.8) is 0 Å². The zero-order chi connectivity index (χ0) is 19.8. The van der Waals surface area contributed by atoms with E-state index in [1.54, 1.807) is 13.0 Å². The number of H-pyrrole nitrogens is 2. The Morgan fingerprint density at radius 1 is 1.29 bits per heavy atom. The van der Waals surface area contributed by atoms with Gasteiger partial charge in [0.1, 0.15) is 5.82 Å². The lowest BCUT2D eigenvalue weighted by molar-refractivity contribution is -0.0734. The number of fused-ring (bicyclic) bond motifs is 2. The highest BCUT2D eigenvalue weighted by Crippen LogP contribution is 2.31. The Morgan fingerprint density at radius 2 is 2.11 bits per heavy atom. The molecule has 0 fully saturated rings. The van der Waals surface area contributed by atoms with Crippen LogP contribution < -0.4 is 10.9 Å². The van der Waals surface area contributed by atoms with E-state index < -0.39 is 12.2 Å². The lowest BCUT2D eigenvalue weighted by atomic mass is 10.00. The standard InChI is InChI=1S/C19H18FN5O3/c1-3-28-19(27)23-18-21-14-7-6-11(9(2)15(14)22-18)16-13-8-10(20)4-5-12(13)17(26)25-24-16/h4-8,19,27H,3H2,1-2H3,(H,25,26)(H2,21,22,23). The lowest BCUT2D eigenvalue weighted by Gasteiger charge is -2.10. The van der Waals surface area contributed by atoms with E-state index in [1.165, 1.54) is 18.2 Å². The number of aryl methyl sites for hydroxylation is 1. The average molecular weight is 383 g/mol. The smallest absolute Gasteiger partial charge is 0.272 e. The molecule has 1 atom stereocenters. The van der Waals surface area contributed by atoms with Crippen molar-refractivity contribution < 1.29 is 14.2 Å². The number of nitrogens with zero attached hydrogens (tertiary/aromatic N) is 2. The van der Waals surface area contributed by atoms with Crippen molar-refractivity contribution in [1.29, 1.82) is 0 Å². The Bertz CT molecular complexity index is 1230. The molecule has 0 aliphatic rings. The minimum atomic E-state index is -1.18. The van der Waals surface area contributed by atoms with E-state index >= 15 is 0 Å². The van der Waals surface area contributed by atoms with E-state index in [0.29, 0.717) is 40.1 Å². The maximum absolute atomic E-state index is 13.8. The molecule has 0 saturated carbocycles. The molecular formula is C19H18FN5O3. The van der Waals surface area contributed by atoms with Gasteiger partial charge in [-0.2, -0.15) is 5.10 Å². The molecule has 4 N–H and O–H groups in total. The van der Waals surface area contributed by atoms with Gasteiger partial charge >= 0.3 is 0 Å². The van der Waals surface area contributed by atoms with Gasteiger partial charge in [0, 0.05) is 17.6 Å². The molecule has 0 radical (unpaired) electrons. The van der Waals surface area contributed by atoms with E-state index in [9.17, 15) is 14.3 Å². The van der Waals surface area contributed by atoms with Crippen molar-refractivity contribution in [3.05, 3.63) is 52.1 Å². The third-order valence-corrected chi connectivity index (χ3v) is 4.50. The number of aliphatic hydroxyl groups is 1. The van der Waals surface area contributed by atoms with E-state index in [1.807, 2.05) is 13.0 Å². The Labute approximate surface area is 158 Å². The largest absolute Gasteiger partial charge is 0.351 e. The number of aromatic nitrogens is 4. The summed E-state index contributed by atoms with van der Waals surface area (Å²) in [7, 11) is 0. The molecule has 28 heavy (non-hydrogen) atoms. The minimum absolute atomic E-state index is 0.346. The molecule has 0 amide bonds. The maximum Gasteiger partial charge on any atom is 0.272 e. The number of hydrogen-bond acceptors (Lipinski definition) is 6. The molecule has 9 heteroatoms. The van der Waals surface area contributed by atoms with Crippen molar-refractivity contribution >= 4 is 27.8 Å². The Balaban J connectivity index is 1.85. The van der Waals surface area contributed by atoms with Crippen LogP contribution in [0.5, 0.6) is 0 Å². The van der Waals surface area contributed by atoms with Gasteiger partial charge < -0.3 is 20.1 Å². The summed E-state index contributed by atoms with van der Waals surface area (Å²) < 4.78 is 18.8. The highest BCUT2D eigenvalue weighted by Gasteiger charge is 2.16. The monoisotopic (exact) mass is 383 g/mol. The van der Waals surface area contributed by atoms with Crippen molar-refractivity contribution in [3.8, 4) is 11.3 Å². The van der Waals surface area contributed by atoms with Crippen molar-refractivity contribution in [2.24, 2.45) is 0 Å². The van der Waals surface area contributed by atoms with Crippen LogP contribution in [0.15, 0.2) is 35.1 Å². The molecule has 2 heterocycles. The summed E-state index contributed by atoms with van der Waals surface area (Å²) in [6.07, 6.45) is -1.18. The molecule has 0 aliphatic heterocycles. The first-order valence-corrected chi connectivity index (χ1v) is 8.71. The normalized spacial score (nSPS) is 12.6. The summed E-state index contributed by atoms with van der Waals surface area (Å²) in [4.78, 5) is 19.5. The third kappa shape index (κ3) is 3.10. The van der Waals surface area contributed by atoms with Gasteiger partial charge in [-0.05, 0) is 43.7 Å². The fourth-order valence-corrected chi connectivity index (χ4v) is 3.20. The van der Waals surface area contributed by atoms with E-state index in [4.69, 9.17) is 4.74 Å². The third-order valence-electron chi connectivity index (χ3n) is 4.50. The van der Waals surface area contributed by atoms with E-state index in [0.717, 1.165) is 11.1 Å². The molecule has 0 bridgehead atoms. The molecule has 0 spiro atoms. The van der Waals surface area contributed by atoms with Crippen LogP contribution in [0.2, 0.25) is 0 Å². The number of benzene rings is 2. The van der Waals surface area contributed by atoms with Gasteiger partial charge in [-0.1, -0.05) is 6.07 Å². The van der Waals surface area contributed by atoms with E-state index in [-0.39, 0.29) is 5.56 Å². The Hall–Kier alpha value is -3.30. The highest BCUT2D eigenvalue weighted by atomic mass is 19.1. The number of rotatable bonds is 5. The first-order chi connectivity index (χ1) is 13.5. The minimum Gasteiger partial charge on any atom is -0.351 e. The van der Waals surface area contributed by atoms with Crippen LogP contribution in [0.3, 0.4) is 0 Å². The van der Waals surface area contributed by atoms with Crippen LogP contribution in [0.25, 0.3) is 33.1 Å². The van der Waals surface area contributed by atoms with Crippen LogP contribution in [0, 0.1) is 12.7 Å². The lowest BCUT2D eigenvalue weighted by Crippen LogP contribution is -2.22. The van der Waals surface area contributed by atoms with E-state index in [2.05, 4.69) is 25.5 Å². The van der Waals surface area contributed by atoms with Gasteiger partial charge in [0.05, 0.1) is 22.1 Å². The van der Waals surface area contributed by atoms with Crippen LogP contribution in [0.4, 0.5) is 10.3 Å². The summed E-state index contributed by atoms with van der Waals surface area (Å²) in [5, 5.41) is 19.8.